The van der Waals surface area contributed by atoms with Gasteiger partial charge in [0.15, 0.2) is 5.96 Å². The highest BCUT2D eigenvalue weighted by atomic mass is 127. The number of sulfonamides is 1. The predicted octanol–water partition coefficient (Wildman–Crippen LogP) is 2.04. The van der Waals surface area contributed by atoms with Gasteiger partial charge in [-0.3, -0.25) is 0 Å². The summed E-state index contributed by atoms with van der Waals surface area (Å²) in [6, 6.07) is 16.4. The highest BCUT2D eigenvalue weighted by molar-refractivity contribution is 14.0. The lowest BCUT2D eigenvalue weighted by atomic mass is 10.2. The van der Waals surface area contributed by atoms with Gasteiger partial charge in [0.2, 0.25) is 10.0 Å². The molecule has 2 aromatic carbocycles. The molecule has 0 saturated carbocycles. The van der Waals surface area contributed by atoms with Crippen LogP contribution in [0.3, 0.4) is 0 Å². The number of nitrogens with zero attached hydrogens (tertiary/aromatic N) is 4. The zero-order chi connectivity index (χ0) is 22.1. The Morgan fingerprint density at radius 3 is 2.44 bits per heavy atom. The molecule has 32 heavy (non-hydrogen) atoms. The molecule has 0 unspecified atom stereocenters. The summed E-state index contributed by atoms with van der Waals surface area (Å²) in [6.45, 7) is 4.43. The molecule has 0 radical (unpaired) electrons. The molecule has 0 atom stereocenters. The van der Waals surface area contributed by atoms with Crippen molar-refractivity contribution in [1.29, 1.82) is 0 Å². The minimum atomic E-state index is -3.70. The highest BCUT2D eigenvalue weighted by Gasteiger charge is 2.07. The second-order valence-electron chi connectivity index (χ2n) is 6.91. The zero-order valence-corrected chi connectivity index (χ0v) is 21.0. The predicted molar refractivity (Wildman–Crippen MR) is 135 cm³/mol. The molecule has 4 N–H and O–H groups in total. The Morgan fingerprint density at radius 2 is 1.78 bits per heavy atom. The molecule has 0 aliphatic carbocycles. The number of aryl methyl sites for hydroxylation is 1. The maximum atomic E-state index is 11.4. The molecule has 172 valence electrons. The quantitative estimate of drug-likeness (QED) is 0.206. The van der Waals surface area contributed by atoms with Crippen LogP contribution in [0, 0.1) is 0 Å². The molecule has 0 aliphatic rings. The Balaban J connectivity index is 0.00000363. The van der Waals surface area contributed by atoms with E-state index in [4.69, 9.17) is 5.14 Å². The standard InChI is InChI=1S/C21H27N7O2S.HI/c1-2-20-27-26-16-28(20)13-12-23-21(24-14-17-6-4-3-5-7-17)25-15-18-8-10-19(11-9-18)31(22,29)30;/h3-11,16H,2,12-15H2,1H3,(H2,22,29,30)(H2,23,24,25);1H. The Kier molecular flexibility index (Phi) is 10.1. The van der Waals surface area contributed by atoms with Crippen LogP contribution in [-0.4, -0.2) is 35.7 Å². The summed E-state index contributed by atoms with van der Waals surface area (Å²) in [6.07, 6.45) is 2.55. The lowest BCUT2D eigenvalue weighted by Gasteiger charge is -2.14. The van der Waals surface area contributed by atoms with Gasteiger partial charge in [-0.1, -0.05) is 49.4 Å². The molecule has 3 aromatic rings. The normalized spacial score (nSPS) is 11.6. The number of nitrogens with two attached hydrogens (primary N) is 1. The molecule has 0 saturated heterocycles. The van der Waals surface area contributed by atoms with Crippen LogP contribution in [0.5, 0.6) is 0 Å². The van der Waals surface area contributed by atoms with E-state index in [2.05, 4.69) is 25.8 Å². The first-order valence-corrected chi connectivity index (χ1v) is 11.5. The van der Waals surface area contributed by atoms with E-state index in [9.17, 15) is 8.42 Å². The fourth-order valence-corrected chi connectivity index (χ4v) is 3.46. The van der Waals surface area contributed by atoms with Gasteiger partial charge in [0.25, 0.3) is 0 Å². The van der Waals surface area contributed by atoms with Gasteiger partial charge in [-0.15, -0.1) is 34.2 Å². The SMILES string of the molecule is CCc1nncn1CCNC(=NCc1ccccc1)NCc1ccc(S(N)(=O)=O)cc1.I. The number of hydrogen-bond donors (Lipinski definition) is 3. The second kappa shape index (κ2) is 12.5. The average Bonchev–Trinajstić information content (AvgIpc) is 3.23. The summed E-state index contributed by atoms with van der Waals surface area (Å²) >= 11 is 0. The van der Waals surface area contributed by atoms with E-state index in [0.29, 0.717) is 32.1 Å². The molecule has 0 amide bonds. The number of hydrogen-bond acceptors (Lipinski definition) is 5. The van der Waals surface area contributed by atoms with Crippen molar-refractivity contribution in [2.75, 3.05) is 6.54 Å². The van der Waals surface area contributed by atoms with Gasteiger partial charge in [-0.25, -0.2) is 18.5 Å². The van der Waals surface area contributed by atoms with Crippen molar-refractivity contribution < 1.29 is 8.42 Å². The first-order valence-electron chi connectivity index (χ1n) is 10.00. The van der Waals surface area contributed by atoms with Gasteiger partial charge in [0.1, 0.15) is 12.2 Å². The zero-order valence-electron chi connectivity index (χ0n) is 17.8. The summed E-state index contributed by atoms with van der Waals surface area (Å²) in [5.41, 5.74) is 2.02. The van der Waals surface area contributed by atoms with Crippen LogP contribution in [0.1, 0.15) is 23.9 Å². The molecular weight excluding hydrogens is 541 g/mol. The van der Waals surface area contributed by atoms with Crippen LogP contribution in [0.25, 0.3) is 0 Å². The number of benzene rings is 2. The van der Waals surface area contributed by atoms with E-state index in [-0.39, 0.29) is 28.9 Å². The fourth-order valence-electron chi connectivity index (χ4n) is 2.95. The maximum absolute atomic E-state index is 11.4. The number of guanidine groups is 1. The molecule has 0 fully saturated rings. The van der Waals surface area contributed by atoms with Crippen LogP contribution in [0.4, 0.5) is 0 Å². The minimum Gasteiger partial charge on any atom is -0.355 e. The minimum absolute atomic E-state index is 0. The summed E-state index contributed by atoms with van der Waals surface area (Å²) in [4.78, 5) is 4.76. The molecular formula is C21H28IN7O2S. The van der Waals surface area contributed by atoms with E-state index in [1.54, 1.807) is 18.5 Å². The molecule has 1 aromatic heterocycles. The number of halogens is 1. The second-order valence-corrected chi connectivity index (χ2v) is 8.48. The van der Waals surface area contributed by atoms with Crippen LogP contribution in [0.15, 0.2) is 70.8 Å². The molecule has 0 bridgehead atoms. The number of nitrogens with one attached hydrogen (secondary N) is 2. The van der Waals surface area contributed by atoms with Crippen molar-refractivity contribution in [2.24, 2.45) is 10.1 Å². The van der Waals surface area contributed by atoms with Gasteiger partial charge in [0.05, 0.1) is 11.4 Å². The van der Waals surface area contributed by atoms with Crippen LogP contribution in [-0.2, 0) is 36.1 Å². The molecule has 3 rings (SSSR count). The largest absolute Gasteiger partial charge is 0.355 e. The number of aliphatic imine (C=N–C) groups is 1. The number of aromatic nitrogens is 3. The number of primary sulfonamides is 1. The first-order chi connectivity index (χ1) is 15.0. The van der Waals surface area contributed by atoms with Crippen molar-refractivity contribution >= 4 is 40.0 Å². The van der Waals surface area contributed by atoms with Gasteiger partial charge in [-0.2, -0.15) is 0 Å². The maximum Gasteiger partial charge on any atom is 0.238 e. The number of rotatable bonds is 9. The topological polar surface area (TPSA) is 127 Å². The highest BCUT2D eigenvalue weighted by Crippen LogP contribution is 2.08. The molecule has 0 aliphatic heterocycles. The third kappa shape index (κ3) is 7.88. The summed E-state index contributed by atoms with van der Waals surface area (Å²) in [5.74, 6) is 1.60. The third-order valence-electron chi connectivity index (χ3n) is 4.63. The third-order valence-corrected chi connectivity index (χ3v) is 5.56. The lowest BCUT2D eigenvalue weighted by Crippen LogP contribution is -2.38. The monoisotopic (exact) mass is 569 g/mol. The van der Waals surface area contributed by atoms with Crippen molar-refractivity contribution in [3.05, 3.63) is 77.9 Å². The van der Waals surface area contributed by atoms with Crippen molar-refractivity contribution in [1.82, 2.24) is 25.4 Å². The van der Waals surface area contributed by atoms with Gasteiger partial charge >= 0.3 is 0 Å². The molecule has 1 heterocycles. The Hall–Kier alpha value is -2.51. The first kappa shape index (κ1) is 25.7. The average molecular weight is 569 g/mol. The van der Waals surface area contributed by atoms with Crippen molar-refractivity contribution in [3.8, 4) is 0 Å². The summed E-state index contributed by atoms with van der Waals surface area (Å²) in [5, 5.41) is 19.8. The Morgan fingerprint density at radius 1 is 1.06 bits per heavy atom. The summed E-state index contributed by atoms with van der Waals surface area (Å²) < 4.78 is 24.8. The van der Waals surface area contributed by atoms with E-state index < -0.39 is 10.0 Å². The van der Waals surface area contributed by atoms with Crippen molar-refractivity contribution in [2.45, 2.75) is 37.9 Å². The van der Waals surface area contributed by atoms with E-state index >= 15 is 0 Å². The van der Waals surface area contributed by atoms with E-state index in [0.717, 1.165) is 23.4 Å². The van der Waals surface area contributed by atoms with Gasteiger partial charge < -0.3 is 15.2 Å². The van der Waals surface area contributed by atoms with Crippen LogP contribution >= 0.6 is 24.0 Å². The molecule has 0 spiro atoms. The Bertz CT molecular complexity index is 1100. The molecule has 11 heteroatoms. The molecule has 9 nitrogen and oxygen atoms in total. The van der Waals surface area contributed by atoms with Gasteiger partial charge in [-0.05, 0) is 23.3 Å². The summed E-state index contributed by atoms with van der Waals surface area (Å²) in [7, 11) is -3.70. The Labute approximate surface area is 205 Å². The fraction of sp³-hybridized carbons (Fsp3) is 0.286. The van der Waals surface area contributed by atoms with E-state index in [1.807, 2.05) is 41.8 Å². The van der Waals surface area contributed by atoms with Gasteiger partial charge in [0, 0.05) is 26.1 Å². The van der Waals surface area contributed by atoms with Crippen LogP contribution in [0.2, 0.25) is 0 Å². The van der Waals surface area contributed by atoms with E-state index in [1.165, 1.54) is 12.1 Å². The smallest absolute Gasteiger partial charge is 0.238 e. The van der Waals surface area contributed by atoms with Crippen LogP contribution < -0.4 is 15.8 Å². The van der Waals surface area contributed by atoms with Crippen molar-refractivity contribution in [3.63, 3.8) is 0 Å². The lowest BCUT2D eigenvalue weighted by molar-refractivity contribution is 0.597.